The van der Waals surface area contributed by atoms with Gasteiger partial charge in [-0.25, -0.2) is 14.3 Å². The highest BCUT2D eigenvalue weighted by Crippen LogP contribution is 2.01. The molecule has 0 radical (unpaired) electrons. The first-order chi connectivity index (χ1) is 7.24. The largest absolute Gasteiger partial charge is 0.349 e. The molecule has 1 N–H and O–H groups in total. The van der Waals surface area contributed by atoms with Gasteiger partial charge in [0.2, 0.25) is 0 Å². The van der Waals surface area contributed by atoms with Crippen molar-refractivity contribution >= 4 is 0 Å². The van der Waals surface area contributed by atoms with Crippen molar-refractivity contribution in [1.82, 2.24) is 14.3 Å². The maximum Gasteiger partial charge on any atom is 0.349 e. The van der Waals surface area contributed by atoms with Crippen LogP contribution in [0.25, 0.3) is 5.69 Å². The third kappa shape index (κ3) is 1.52. The van der Waals surface area contributed by atoms with E-state index >= 15 is 0 Å². The highest BCUT2D eigenvalue weighted by atomic mass is 16.2. The molecule has 0 saturated heterocycles. The van der Waals surface area contributed by atoms with Crippen molar-refractivity contribution in [3.05, 3.63) is 51.3 Å². The summed E-state index contributed by atoms with van der Waals surface area (Å²) in [4.78, 5) is 25.1. The first-order valence-electron chi connectivity index (χ1n) is 4.71. The Morgan fingerprint density at radius 2 is 1.80 bits per heavy atom. The minimum Gasteiger partial charge on any atom is -0.256 e. The van der Waals surface area contributed by atoms with Crippen molar-refractivity contribution < 1.29 is 0 Å². The Bertz CT molecular complexity index is 562. The summed E-state index contributed by atoms with van der Waals surface area (Å²) in [5.74, 6) is 0. The summed E-state index contributed by atoms with van der Waals surface area (Å²) in [5, 5.41) is 0. The van der Waals surface area contributed by atoms with E-state index < -0.39 is 5.69 Å². The Hall–Kier alpha value is -2.04. The number of aromatic nitrogens is 3. The monoisotopic (exact) mass is 205 g/mol. The Morgan fingerprint density at radius 1 is 1.13 bits per heavy atom. The third-order valence-corrected chi connectivity index (χ3v) is 2.18. The fraction of sp³-hybridized carbons (Fsp3) is 0.200. The van der Waals surface area contributed by atoms with Gasteiger partial charge in [0.05, 0.1) is 5.69 Å². The van der Waals surface area contributed by atoms with Crippen LogP contribution in [0.5, 0.6) is 0 Å². The van der Waals surface area contributed by atoms with Crippen LogP contribution in [0, 0.1) is 0 Å². The quantitative estimate of drug-likeness (QED) is 0.768. The minimum absolute atomic E-state index is 0.383. The predicted molar refractivity (Wildman–Crippen MR) is 56.3 cm³/mol. The summed E-state index contributed by atoms with van der Waals surface area (Å²) < 4.78 is 2.69. The minimum atomic E-state index is -0.409. The van der Waals surface area contributed by atoms with Crippen LogP contribution in [0.1, 0.15) is 6.92 Å². The van der Waals surface area contributed by atoms with Crippen LogP contribution in [0.2, 0.25) is 0 Å². The number of nitrogens with zero attached hydrogens (tertiary/aromatic N) is 2. The Balaban J connectivity index is 2.73. The second-order valence-corrected chi connectivity index (χ2v) is 3.10. The molecule has 2 rings (SSSR count). The van der Waals surface area contributed by atoms with Gasteiger partial charge in [0.15, 0.2) is 0 Å². The van der Waals surface area contributed by atoms with Gasteiger partial charge < -0.3 is 0 Å². The zero-order valence-electron chi connectivity index (χ0n) is 8.30. The first kappa shape index (κ1) is 9.51. The highest BCUT2D eigenvalue weighted by Gasteiger charge is 2.08. The summed E-state index contributed by atoms with van der Waals surface area (Å²) >= 11 is 0. The van der Waals surface area contributed by atoms with Crippen LogP contribution >= 0.6 is 0 Å². The van der Waals surface area contributed by atoms with Crippen molar-refractivity contribution in [2.45, 2.75) is 13.5 Å². The SMILES string of the molecule is CCn1c(=O)[nH]c(=O)n1-c1ccccc1. The molecule has 1 aromatic carbocycles. The van der Waals surface area contributed by atoms with E-state index in [-0.39, 0.29) is 5.69 Å². The third-order valence-electron chi connectivity index (χ3n) is 2.18. The van der Waals surface area contributed by atoms with Gasteiger partial charge in [0, 0.05) is 6.54 Å². The number of hydrogen-bond acceptors (Lipinski definition) is 2. The lowest BCUT2D eigenvalue weighted by Crippen LogP contribution is -2.24. The molecule has 0 amide bonds. The van der Waals surface area contributed by atoms with Gasteiger partial charge in [-0.2, -0.15) is 4.68 Å². The zero-order valence-corrected chi connectivity index (χ0v) is 8.30. The number of benzene rings is 1. The van der Waals surface area contributed by atoms with Crippen LogP contribution < -0.4 is 11.4 Å². The van der Waals surface area contributed by atoms with E-state index in [0.717, 1.165) is 0 Å². The van der Waals surface area contributed by atoms with Crippen LogP contribution in [-0.4, -0.2) is 14.3 Å². The number of nitrogens with one attached hydrogen (secondary N) is 1. The average molecular weight is 205 g/mol. The topological polar surface area (TPSA) is 59.8 Å². The van der Waals surface area contributed by atoms with Crippen molar-refractivity contribution in [2.24, 2.45) is 0 Å². The van der Waals surface area contributed by atoms with Gasteiger partial charge >= 0.3 is 11.4 Å². The molecule has 0 bridgehead atoms. The van der Waals surface area contributed by atoms with Gasteiger partial charge in [-0.3, -0.25) is 4.98 Å². The Morgan fingerprint density at radius 3 is 2.40 bits per heavy atom. The summed E-state index contributed by atoms with van der Waals surface area (Å²) in [6.45, 7) is 2.26. The van der Waals surface area contributed by atoms with E-state index in [2.05, 4.69) is 4.98 Å². The molecule has 0 unspecified atom stereocenters. The number of para-hydroxylation sites is 1. The normalized spacial score (nSPS) is 10.5. The molecule has 0 saturated carbocycles. The molecule has 2 aromatic rings. The molecule has 5 nitrogen and oxygen atoms in total. The highest BCUT2D eigenvalue weighted by molar-refractivity contribution is 5.29. The molecule has 0 fully saturated rings. The van der Waals surface area contributed by atoms with Crippen LogP contribution in [0.3, 0.4) is 0 Å². The first-order valence-corrected chi connectivity index (χ1v) is 4.71. The lowest BCUT2D eigenvalue weighted by molar-refractivity contribution is 0.557. The smallest absolute Gasteiger partial charge is 0.256 e. The van der Waals surface area contributed by atoms with E-state index in [0.29, 0.717) is 12.2 Å². The lowest BCUT2D eigenvalue weighted by atomic mass is 10.3. The second kappa shape index (κ2) is 3.61. The molecule has 78 valence electrons. The van der Waals surface area contributed by atoms with E-state index in [4.69, 9.17) is 0 Å². The van der Waals surface area contributed by atoms with Crippen molar-refractivity contribution in [2.75, 3.05) is 0 Å². The fourth-order valence-electron chi connectivity index (χ4n) is 1.52. The summed E-state index contributed by atoms with van der Waals surface area (Å²) in [6.07, 6.45) is 0. The molecule has 0 aliphatic rings. The molecule has 0 spiro atoms. The van der Waals surface area contributed by atoms with Gasteiger partial charge in [0.25, 0.3) is 0 Å². The molecular weight excluding hydrogens is 194 g/mol. The van der Waals surface area contributed by atoms with Crippen LogP contribution in [-0.2, 0) is 6.54 Å². The van der Waals surface area contributed by atoms with Crippen molar-refractivity contribution in [1.29, 1.82) is 0 Å². The lowest BCUT2D eigenvalue weighted by Gasteiger charge is -2.06. The van der Waals surface area contributed by atoms with E-state index in [1.165, 1.54) is 9.36 Å². The van der Waals surface area contributed by atoms with Gasteiger partial charge in [-0.15, -0.1) is 0 Å². The second-order valence-electron chi connectivity index (χ2n) is 3.10. The van der Waals surface area contributed by atoms with Gasteiger partial charge in [-0.05, 0) is 19.1 Å². The van der Waals surface area contributed by atoms with Crippen LogP contribution in [0.15, 0.2) is 39.9 Å². The predicted octanol–water partition coefficient (Wildman–Crippen LogP) is 0.347. The number of H-pyrrole nitrogens is 1. The van der Waals surface area contributed by atoms with Gasteiger partial charge in [0.1, 0.15) is 0 Å². The summed E-state index contributed by atoms with van der Waals surface area (Å²) in [7, 11) is 0. The molecule has 1 heterocycles. The maximum absolute atomic E-state index is 11.5. The summed E-state index contributed by atoms with van der Waals surface area (Å²) in [5.41, 5.74) is -0.109. The number of aromatic amines is 1. The molecule has 0 aliphatic carbocycles. The van der Waals surface area contributed by atoms with Gasteiger partial charge in [-0.1, -0.05) is 18.2 Å². The number of hydrogen-bond donors (Lipinski definition) is 1. The van der Waals surface area contributed by atoms with Crippen molar-refractivity contribution in [3.63, 3.8) is 0 Å². The molecule has 5 heteroatoms. The van der Waals surface area contributed by atoms with Crippen LogP contribution in [0.4, 0.5) is 0 Å². The standard InChI is InChI=1S/C10H11N3O2/c1-2-12-9(14)11-10(15)13(12)8-6-4-3-5-7-8/h3-7H,2H2,1H3,(H,11,14,15). The average Bonchev–Trinajstić information content (AvgIpc) is 2.54. The summed E-state index contributed by atoms with van der Waals surface area (Å²) in [6, 6.07) is 9.05. The van der Waals surface area contributed by atoms with Crippen molar-refractivity contribution in [3.8, 4) is 5.69 Å². The molecule has 15 heavy (non-hydrogen) atoms. The Labute approximate surface area is 85.6 Å². The Kier molecular flexibility index (Phi) is 2.29. The van der Waals surface area contributed by atoms with E-state index in [1.807, 2.05) is 25.1 Å². The van der Waals surface area contributed by atoms with E-state index in [1.54, 1.807) is 12.1 Å². The molecule has 0 aliphatic heterocycles. The molecule has 0 atom stereocenters. The molecule has 1 aromatic heterocycles. The number of rotatable bonds is 2. The fourth-order valence-corrected chi connectivity index (χ4v) is 1.52. The van der Waals surface area contributed by atoms with E-state index in [9.17, 15) is 9.59 Å². The zero-order chi connectivity index (χ0) is 10.8. The molecular formula is C10H11N3O2. The maximum atomic E-state index is 11.5.